The minimum atomic E-state index is -0.348. The normalized spacial score (nSPS) is 11.9. The number of carbonyl (C=O) groups is 1. The minimum Gasteiger partial charge on any atom is -0.481 e. The summed E-state index contributed by atoms with van der Waals surface area (Å²) >= 11 is 13.3. The van der Waals surface area contributed by atoms with Gasteiger partial charge in [0.2, 0.25) is 5.91 Å². The standard InChI is InChI=1S/C20H20Cl2N4O2S/c1-3-26-19(13(2)28-17-7-5-4-6-16(17)22)24-25-20(26)29-12-18(27)23-15-10-8-14(21)9-11-15/h4-11,13H,3,12H2,1-2H3,(H,23,27). The molecule has 1 heterocycles. The van der Waals surface area contributed by atoms with Crippen LogP contribution in [0.15, 0.2) is 53.7 Å². The maximum Gasteiger partial charge on any atom is 0.234 e. The number of aromatic nitrogens is 3. The number of amides is 1. The maximum absolute atomic E-state index is 12.2. The molecule has 1 N–H and O–H groups in total. The smallest absolute Gasteiger partial charge is 0.234 e. The lowest BCUT2D eigenvalue weighted by atomic mass is 10.3. The van der Waals surface area contributed by atoms with Gasteiger partial charge in [-0.25, -0.2) is 0 Å². The van der Waals surface area contributed by atoms with Crippen LogP contribution >= 0.6 is 35.0 Å². The molecule has 6 nitrogen and oxygen atoms in total. The Morgan fingerprint density at radius 2 is 1.90 bits per heavy atom. The second-order valence-corrected chi connectivity index (χ2v) is 7.91. The van der Waals surface area contributed by atoms with E-state index in [2.05, 4.69) is 15.5 Å². The molecule has 0 aliphatic heterocycles. The molecular weight excluding hydrogens is 431 g/mol. The van der Waals surface area contributed by atoms with E-state index in [1.807, 2.05) is 36.6 Å². The van der Waals surface area contributed by atoms with Crippen molar-refractivity contribution in [2.24, 2.45) is 0 Å². The summed E-state index contributed by atoms with van der Waals surface area (Å²) in [4.78, 5) is 12.2. The van der Waals surface area contributed by atoms with Gasteiger partial charge in [-0.15, -0.1) is 10.2 Å². The van der Waals surface area contributed by atoms with Crippen LogP contribution in [0.1, 0.15) is 25.8 Å². The predicted octanol–water partition coefficient (Wildman–Crippen LogP) is 5.48. The van der Waals surface area contributed by atoms with Gasteiger partial charge in [-0.3, -0.25) is 4.79 Å². The molecule has 1 unspecified atom stereocenters. The zero-order chi connectivity index (χ0) is 20.8. The van der Waals surface area contributed by atoms with Crippen LogP contribution in [0.4, 0.5) is 5.69 Å². The van der Waals surface area contributed by atoms with Crippen molar-refractivity contribution in [3.05, 3.63) is 64.4 Å². The highest BCUT2D eigenvalue weighted by atomic mass is 35.5. The molecule has 9 heteroatoms. The molecule has 3 rings (SSSR count). The van der Waals surface area contributed by atoms with E-state index in [0.717, 1.165) is 0 Å². The van der Waals surface area contributed by atoms with Gasteiger partial charge < -0.3 is 14.6 Å². The average molecular weight is 451 g/mol. The van der Waals surface area contributed by atoms with Crippen LogP contribution in [0.25, 0.3) is 0 Å². The van der Waals surface area contributed by atoms with Gasteiger partial charge in [0.25, 0.3) is 0 Å². The highest BCUT2D eigenvalue weighted by molar-refractivity contribution is 7.99. The first kappa shape index (κ1) is 21.5. The zero-order valence-corrected chi connectivity index (χ0v) is 18.3. The molecule has 0 radical (unpaired) electrons. The molecule has 1 aromatic heterocycles. The highest BCUT2D eigenvalue weighted by Crippen LogP contribution is 2.29. The van der Waals surface area contributed by atoms with Crippen molar-refractivity contribution in [1.82, 2.24) is 14.8 Å². The zero-order valence-electron chi connectivity index (χ0n) is 15.9. The molecule has 3 aromatic rings. The molecule has 1 atom stereocenters. The average Bonchev–Trinajstić information content (AvgIpc) is 3.13. The van der Waals surface area contributed by atoms with Crippen molar-refractivity contribution in [1.29, 1.82) is 0 Å². The Labute approximate surface area is 183 Å². The Hall–Kier alpha value is -2.22. The molecule has 0 aliphatic rings. The minimum absolute atomic E-state index is 0.134. The summed E-state index contributed by atoms with van der Waals surface area (Å²) in [5, 5.41) is 13.1. The number of hydrogen-bond acceptors (Lipinski definition) is 5. The lowest BCUT2D eigenvalue weighted by Gasteiger charge is -2.16. The molecule has 2 aromatic carbocycles. The number of carbonyl (C=O) groups excluding carboxylic acids is 1. The number of ether oxygens (including phenoxy) is 1. The number of rotatable bonds is 8. The van der Waals surface area contributed by atoms with Crippen LogP contribution in [0.5, 0.6) is 5.75 Å². The predicted molar refractivity (Wildman–Crippen MR) is 117 cm³/mol. The molecule has 0 fully saturated rings. The number of benzene rings is 2. The van der Waals surface area contributed by atoms with Crippen molar-refractivity contribution in [3.8, 4) is 5.75 Å². The van der Waals surface area contributed by atoms with E-state index in [1.165, 1.54) is 11.8 Å². The van der Waals surface area contributed by atoms with E-state index in [-0.39, 0.29) is 17.8 Å². The molecule has 0 spiro atoms. The van der Waals surface area contributed by atoms with Gasteiger partial charge in [0.15, 0.2) is 17.1 Å². The molecule has 152 valence electrons. The van der Waals surface area contributed by atoms with Crippen LogP contribution < -0.4 is 10.1 Å². The van der Waals surface area contributed by atoms with Gasteiger partial charge in [-0.1, -0.05) is 47.1 Å². The van der Waals surface area contributed by atoms with Gasteiger partial charge in [0.05, 0.1) is 10.8 Å². The van der Waals surface area contributed by atoms with E-state index in [0.29, 0.717) is 39.0 Å². The van der Waals surface area contributed by atoms with E-state index in [4.69, 9.17) is 27.9 Å². The Morgan fingerprint density at radius 1 is 1.17 bits per heavy atom. The maximum atomic E-state index is 12.2. The van der Waals surface area contributed by atoms with Crippen LogP contribution in [0.2, 0.25) is 10.0 Å². The monoisotopic (exact) mass is 450 g/mol. The number of hydrogen-bond donors (Lipinski definition) is 1. The Kier molecular flexibility index (Phi) is 7.41. The fourth-order valence-corrected chi connectivity index (χ4v) is 3.76. The number of halogens is 2. The first-order valence-corrected chi connectivity index (χ1v) is 10.7. The van der Waals surface area contributed by atoms with Crippen molar-refractivity contribution in [2.75, 3.05) is 11.1 Å². The highest BCUT2D eigenvalue weighted by Gasteiger charge is 2.20. The van der Waals surface area contributed by atoms with E-state index in [1.54, 1.807) is 30.3 Å². The topological polar surface area (TPSA) is 69.0 Å². The molecule has 1 amide bonds. The van der Waals surface area contributed by atoms with E-state index < -0.39 is 0 Å². The molecule has 0 aliphatic carbocycles. The van der Waals surface area contributed by atoms with Gasteiger partial charge in [-0.2, -0.15) is 0 Å². The van der Waals surface area contributed by atoms with Gasteiger partial charge in [0.1, 0.15) is 5.75 Å². The van der Waals surface area contributed by atoms with Crippen molar-refractivity contribution in [2.45, 2.75) is 31.7 Å². The fraction of sp³-hybridized carbons (Fsp3) is 0.250. The Balaban J connectivity index is 1.63. The van der Waals surface area contributed by atoms with Crippen LogP contribution in [-0.2, 0) is 11.3 Å². The number of para-hydroxylation sites is 1. The SMILES string of the molecule is CCn1c(SCC(=O)Nc2ccc(Cl)cc2)nnc1C(C)Oc1ccccc1Cl. The first-order chi connectivity index (χ1) is 14.0. The lowest BCUT2D eigenvalue weighted by Crippen LogP contribution is -2.15. The summed E-state index contributed by atoms with van der Waals surface area (Å²) in [7, 11) is 0. The summed E-state index contributed by atoms with van der Waals surface area (Å²) < 4.78 is 7.88. The first-order valence-electron chi connectivity index (χ1n) is 9.00. The largest absolute Gasteiger partial charge is 0.481 e. The summed E-state index contributed by atoms with van der Waals surface area (Å²) in [5.74, 6) is 1.34. The molecule has 0 bridgehead atoms. The summed E-state index contributed by atoms with van der Waals surface area (Å²) in [6.45, 7) is 4.54. The van der Waals surface area contributed by atoms with E-state index in [9.17, 15) is 4.79 Å². The van der Waals surface area contributed by atoms with Crippen molar-refractivity contribution in [3.63, 3.8) is 0 Å². The third-order valence-corrected chi connectivity index (χ3v) is 5.56. The van der Waals surface area contributed by atoms with Crippen LogP contribution in [0.3, 0.4) is 0 Å². The van der Waals surface area contributed by atoms with Crippen LogP contribution in [0, 0.1) is 0 Å². The Morgan fingerprint density at radius 3 is 2.59 bits per heavy atom. The second kappa shape index (κ2) is 10.0. The van der Waals surface area contributed by atoms with E-state index >= 15 is 0 Å². The quantitative estimate of drug-likeness (QED) is 0.460. The summed E-state index contributed by atoms with van der Waals surface area (Å²) in [6.07, 6.45) is -0.348. The Bertz CT molecular complexity index is 979. The van der Waals surface area contributed by atoms with Gasteiger partial charge >= 0.3 is 0 Å². The molecule has 29 heavy (non-hydrogen) atoms. The summed E-state index contributed by atoms with van der Waals surface area (Å²) in [6, 6.07) is 14.3. The molecule has 0 saturated heterocycles. The molecule has 0 saturated carbocycles. The summed E-state index contributed by atoms with van der Waals surface area (Å²) in [5.41, 5.74) is 0.694. The van der Waals surface area contributed by atoms with Gasteiger partial charge in [-0.05, 0) is 50.2 Å². The van der Waals surface area contributed by atoms with Gasteiger partial charge in [0, 0.05) is 17.3 Å². The number of anilines is 1. The lowest BCUT2D eigenvalue weighted by molar-refractivity contribution is -0.113. The van der Waals surface area contributed by atoms with Crippen LogP contribution in [-0.4, -0.2) is 26.4 Å². The fourth-order valence-electron chi connectivity index (χ4n) is 2.65. The second-order valence-electron chi connectivity index (χ2n) is 6.12. The number of thioether (sulfide) groups is 1. The third-order valence-electron chi connectivity index (χ3n) is 4.03. The number of nitrogens with zero attached hydrogens (tertiary/aromatic N) is 3. The molecular formula is C20H20Cl2N4O2S. The number of nitrogens with one attached hydrogen (secondary N) is 1. The third kappa shape index (κ3) is 5.65. The van der Waals surface area contributed by atoms with Crippen molar-refractivity contribution >= 4 is 46.6 Å². The van der Waals surface area contributed by atoms with Crippen molar-refractivity contribution < 1.29 is 9.53 Å².